The molecule has 1 unspecified atom stereocenters. The summed E-state index contributed by atoms with van der Waals surface area (Å²) in [6.07, 6.45) is 1.43. The first-order valence-corrected chi connectivity index (χ1v) is 3.67. The maximum absolute atomic E-state index is 8.58. The Bertz CT molecular complexity index is 341. The summed E-state index contributed by atoms with van der Waals surface area (Å²) in [4.78, 5) is 0. The molecule has 1 rings (SSSR count). The molecule has 0 aromatic heterocycles. The van der Waals surface area contributed by atoms with E-state index in [1.165, 1.54) is 6.08 Å². The minimum atomic E-state index is -0.410. The van der Waals surface area contributed by atoms with E-state index in [1.54, 1.807) is 0 Å². The molecule has 0 fully saturated rings. The number of thiol groups is 1. The van der Waals surface area contributed by atoms with Crippen molar-refractivity contribution in [1.82, 2.24) is 5.32 Å². The van der Waals surface area contributed by atoms with E-state index >= 15 is 0 Å². The summed E-state index contributed by atoms with van der Waals surface area (Å²) in [5.41, 5.74) is 6.11. The molecule has 0 spiro atoms. The molecule has 0 saturated heterocycles. The number of nitrogens with zero attached hydrogens (tertiary/aromatic N) is 2. The number of nitrogens with two attached hydrogens (primary N) is 1. The first-order chi connectivity index (χ1) is 5.69. The Morgan fingerprint density at radius 3 is 2.67 bits per heavy atom. The lowest BCUT2D eigenvalue weighted by atomic mass is 10.1. The highest BCUT2D eigenvalue weighted by atomic mass is 32.1. The first kappa shape index (κ1) is 8.51. The summed E-state index contributed by atoms with van der Waals surface area (Å²) >= 11 is 4.05. The zero-order valence-electron chi connectivity index (χ0n) is 6.07. The number of hydrogen-bond donors (Lipinski definition) is 3. The van der Waals surface area contributed by atoms with Crippen LogP contribution in [0.5, 0.6) is 0 Å². The van der Waals surface area contributed by atoms with Gasteiger partial charge >= 0.3 is 0 Å². The fourth-order valence-corrected chi connectivity index (χ4v) is 1.07. The summed E-state index contributed by atoms with van der Waals surface area (Å²) in [5, 5.41) is 19.4. The second-order valence-corrected chi connectivity index (χ2v) is 2.71. The van der Waals surface area contributed by atoms with Gasteiger partial charge < -0.3 is 11.1 Å². The van der Waals surface area contributed by atoms with Crippen LogP contribution in [0.1, 0.15) is 0 Å². The topological polar surface area (TPSA) is 85.6 Å². The van der Waals surface area contributed by atoms with Crippen LogP contribution in [0, 0.1) is 22.7 Å². The Morgan fingerprint density at radius 2 is 2.17 bits per heavy atom. The molecule has 0 aromatic carbocycles. The molecule has 1 heterocycles. The van der Waals surface area contributed by atoms with Crippen molar-refractivity contribution in [2.24, 2.45) is 5.73 Å². The lowest BCUT2D eigenvalue weighted by Crippen LogP contribution is -2.33. The molecule has 1 aliphatic rings. The van der Waals surface area contributed by atoms with Gasteiger partial charge in [0, 0.05) is 0 Å². The van der Waals surface area contributed by atoms with Crippen molar-refractivity contribution in [3.63, 3.8) is 0 Å². The molecule has 4 nitrogen and oxygen atoms in total. The van der Waals surface area contributed by atoms with E-state index in [0.717, 1.165) is 0 Å². The summed E-state index contributed by atoms with van der Waals surface area (Å²) in [6, 6.07) is 3.79. The van der Waals surface area contributed by atoms with Crippen molar-refractivity contribution in [3.05, 3.63) is 23.0 Å². The Hall–Kier alpha value is -1.59. The molecule has 3 N–H and O–H groups in total. The summed E-state index contributed by atoms with van der Waals surface area (Å²) in [6.45, 7) is 0. The van der Waals surface area contributed by atoms with E-state index in [1.807, 2.05) is 12.1 Å². The summed E-state index contributed by atoms with van der Waals surface area (Å²) < 4.78 is 0. The quantitative estimate of drug-likeness (QED) is 0.455. The molecule has 60 valence electrons. The average Bonchev–Trinajstić information content (AvgIpc) is 2.05. The van der Waals surface area contributed by atoms with Crippen molar-refractivity contribution in [2.75, 3.05) is 0 Å². The highest BCUT2D eigenvalue weighted by Crippen LogP contribution is 2.15. The molecule has 5 heteroatoms. The van der Waals surface area contributed by atoms with Crippen LogP contribution in [0.4, 0.5) is 0 Å². The van der Waals surface area contributed by atoms with E-state index in [4.69, 9.17) is 16.3 Å². The van der Waals surface area contributed by atoms with Crippen LogP contribution >= 0.6 is 12.6 Å². The zero-order valence-corrected chi connectivity index (χ0v) is 6.97. The van der Waals surface area contributed by atoms with Gasteiger partial charge in [-0.15, -0.1) is 12.6 Å². The third kappa shape index (κ3) is 1.36. The highest BCUT2D eigenvalue weighted by molar-refractivity contribution is 7.81. The molecule has 12 heavy (non-hydrogen) atoms. The Labute approximate surface area is 75.4 Å². The standard InChI is InChI=1S/C7H6N4S/c8-2-4-1-5(3-9)7(12)11-6(4)10/h1,7,11-12H,10H2. The number of hydrogen-bond acceptors (Lipinski definition) is 5. The predicted molar refractivity (Wildman–Crippen MR) is 46.4 cm³/mol. The molecule has 1 aliphatic heterocycles. The lowest BCUT2D eigenvalue weighted by molar-refractivity contribution is 0.805. The molecular weight excluding hydrogens is 172 g/mol. The van der Waals surface area contributed by atoms with Gasteiger partial charge in [0.05, 0.1) is 17.2 Å². The summed E-state index contributed by atoms with van der Waals surface area (Å²) in [7, 11) is 0. The van der Waals surface area contributed by atoms with Gasteiger partial charge in [0.1, 0.15) is 17.3 Å². The van der Waals surface area contributed by atoms with Gasteiger partial charge in [0.15, 0.2) is 0 Å². The Kier molecular flexibility index (Phi) is 2.27. The van der Waals surface area contributed by atoms with Crippen molar-refractivity contribution >= 4 is 12.6 Å². The smallest absolute Gasteiger partial charge is 0.115 e. The van der Waals surface area contributed by atoms with Crippen LogP contribution in [-0.2, 0) is 0 Å². The molecule has 0 radical (unpaired) electrons. The van der Waals surface area contributed by atoms with E-state index < -0.39 is 5.37 Å². The second-order valence-electron chi connectivity index (χ2n) is 2.20. The monoisotopic (exact) mass is 178 g/mol. The maximum Gasteiger partial charge on any atom is 0.115 e. The fraction of sp³-hybridized carbons (Fsp3) is 0.143. The third-order valence-corrected chi connectivity index (χ3v) is 1.83. The molecule has 1 atom stereocenters. The number of nitrogens with one attached hydrogen (secondary N) is 1. The largest absolute Gasteiger partial charge is 0.384 e. The van der Waals surface area contributed by atoms with Crippen molar-refractivity contribution < 1.29 is 0 Å². The molecule has 0 bridgehead atoms. The highest BCUT2D eigenvalue weighted by Gasteiger charge is 2.17. The predicted octanol–water partition coefficient (Wildman–Crippen LogP) is -0.0106. The lowest BCUT2D eigenvalue weighted by Gasteiger charge is -2.18. The van der Waals surface area contributed by atoms with Crippen LogP contribution in [0.2, 0.25) is 0 Å². The van der Waals surface area contributed by atoms with Crippen molar-refractivity contribution in [1.29, 1.82) is 10.5 Å². The van der Waals surface area contributed by atoms with Crippen molar-refractivity contribution in [3.8, 4) is 12.1 Å². The van der Waals surface area contributed by atoms with E-state index in [2.05, 4.69) is 17.9 Å². The zero-order chi connectivity index (χ0) is 9.14. The third-order valence-electron chi connectivity index (χ3n) is 1.43. The van der Waals surface area contributed by atoms with Gasteiger partial charge in [0.25, 0.3) is 0 Å². The first-order valence-electron chi connectivity index (χ1n) is 3.15. The van der Waals surface area contributed by atoms with E-state index in [-0.39, 0.29) is 11.4 Å². The van der Waals surface area contributed by atoms with Crippen LogP contribution < -0.4 is 11.1 Å². The van der Waals surface area contributed by atoms with Gasteiger partial charge in [-0.1, -0.05) is 0 Å². The van der Waals surface area contributed by atoms with E-state index in [0.29, 0.717) is 5.57 Å². The van der Waals surface area contributed by atoms with Crippen molar-refractivity contribution in [2.45, 2.75) is 5.37 Å². The number of nitriles is 2. The maximum atomic E-state index is 8.58. The Balaban J connectivity index is 3.09. The van der Waals surface area contributed by atoms with Gasteiger partial charge in [-0.2, -0.15) is 10.5 Å². The van der Waals surface area contributed by atoms with Gasteiger partial charge in [-0.3, -0.25) is 0 Å². The minimum absolute atomic E-state index is 0.261. The molecule has 0 amide bonds. The molecular formula is C7H6N4S. The number of dihydropyridines is 1. The fourth-order valence-electron chi connectivity index (χ4n) is 0.801. The van der Waals surface area contributed by atoms with Gasteiger partial charge in [-0.25, -0.2) is 0 Å². The Morgan fingerprint density at radius 1 is 1.50 bits per heavy atom. The minimum Gasteiger partial charge on any atom is -0.384 e. The molecule has 0 aliphatic carbocycles. The molecule has 0 saturated carbocycles. The van der Waals surface area contributed by atoms with Gasteiger partial charge in [-0.05, 0) is 6.08 Å². The van der Waals surface area contributed by atoms with Crippen LogP contribution in [0.3, 0.4) is 0 Å². The van der Waals surface area contributed by atoms with Crippen LogP contribution in [0.15, 0.2) is 23.0 Å². The normalized spacial score (nSPS) is 21.9. The van der Waals surface area contributed by atoms with Crippen LogP contribution in [0.25, 0.3) is 0 Å². The second kappa shape index (κ2) is 3.21. The summed E-state index contributed by atoms with van der Waals surface area (Å²) in [5.74, 6) is 0.261. The number of rotatable bonds is 0. The number of allylic oxidation sites excluding steroid dienone is 2. The van der Waals surface area contributed by atoms with E-state index in [9.17, 15) is 0 Å². The average molecular weight is 178 g/mol. The SMILES string of the molecule is N#CC1=CC(C#N)=C(N)NC1S. The van der Waals surface area contributed by atoms with Crippen LogP contribution in [-0.4, -0.2) is 5.37 Å². The molecule has 0 aromatic rings. The van der Waals surface area contributed by atoms with Gasteiger partial charge in [0.2, 0.25) is 0 Å².